The van der Waals surface area contributed by atoms with E-state index in [1.165, 1.54) is 28.2 Å². The maximum Gasteiger partial charge on any atom is 0.0108 e. The van der Waals surface area contributed by atoms with Crippen molar-refractivity contribution in [2.45, 2.75) is 30.1 Å². The van der Waals surface area contributed by atoms with E-state index < -0.39 is 0 Å². The SMILES string of the molecule is CC(CCNCC1CSc2ccccc21)c1ccccc1. The van der Waals surface area contributed by atoms with E-state index in [9.17, 15) is 0 Å². The van der Waals surface area contributed by atoms with E-state index in [1.807, 2.05) is 11.8 Å². The van der Waals surface area contributed by atoms with Crippen LogP contribution in [0.2, 0.25) is 0 Å². The molecule has 0 amide bonds. The third-order valence-electron chi connectivity index (χ3n) is 4.31. The van der Waals surface area contributed by atoms with Gasteiger partial charge in [-0.1, -0.05) is 55.5 Å². The van der Waals surface area contributed by atoms with Gasteiger partial charge in [-0.3, -0.25) is 0 Å². The molecular formula is C19H23NS. The molecule has 0 saturated carbocycles. The molecule has 0 radical (unpaired) electrons. The molecule has 2 heteroatoms. The fourth-order valence-electron chi connectivity index (χ4n) is 2.94. The van der Waals surface area contributed by atoms with Gasteiger partial charge < -0.3 is 5.32 Å². The Hall–Kier alpha value is -1.25. The minimum atomic E-state index is 0.629. The van der Waals surface area contributed by atoms with Crippen LogP contribution in [0.1, 0.15) is 36.3 Å². The van der Waals surface area contributed by atoms with Gasteiger partial charge >= 0.3 is 0 Å². The van der Waals surface area contributed by atoms with E-state index in [2.05, 4.69) is 66.8 Å². The Kier molecular flexibility index (Phi) is 5.00. The lowest BCUT2D eigenvalue weighted by Gasteiger charge is -2.15. The van der Waals surface area contributed by atoms with Crippen molar-refractivity contribution < 1.29 is 0 Å². The first-order valence-electron chi connectivity index (χ1n) is 7.82. The van der Waals surface area contributed by atoms with Crippen LogP contribution < -0.4 is 5.32 Å². The smallest absolute Gasteiger partial charge is 0.0108 e. The molecule has 0 aromatic heterocycles. The number of benzene rings is 2. The lowest BCUT2D eigenvalue weighted by molar-refractivity contribution is 0.567. The average Bonchev–Trinajstić information content (AvgIpc) is 2.95. The number of hydrogen-bond acceptors (Lipinski definition) is 2. The molecule has 21 heavy (non-hydrogen) atoms. The van der Waals surface area contributed by atoms with Crippen LogP contribution in [0.3, 0.4) is 0 Å². The molecule has 0 aliphatic carbocycles. The molecule has 3 rings (SSSR count). The van der Waals surface area contributed by atoms with Gasteiger partial charge in [0.2, 0.25) is 0 Å². The Balaban J connectivity index is 1.43. The second kappa shape index (κ2) is 7.15. The third kappa shape index (κ3) is 3.69. The van der Waals surface area contributed by atoms with Gasteiger partial charge in [0.05, 0.1) is 0 Å². The highest BCUT2D eigenvalue weighted by Crippen LogP contribution is 2.38. The standard InChI is InChI=1S/C19H23NS/c1-15(16-7-3-2-4-8-16)11-12-20-13-17-14-21-19-10-6-5-9-18(17)19/h2-10,15,17,20H,11-14H2,1H3. The minimum absolute atomic E-state index is 0.629. The van der Waals surface area contributed by atoms with Crippen molar-refractivity contribution in [2.24, 2.45) is 0 Å². The maximum atomic E-state index is 3.66. The molecule has 1 aliphatic rings. The second-order valence-electron chi connectivity index (χ2n) is 5.85. The van der Waals surface area contributed by atoms with Crippen molar-refractivity contribution >= 4 is 11.8 Å². The molecule has 2 aromatic carbocycles. The molecular weight excluding hydrogens is 274 g/mol. The largest absolute Gasteiger partial charge is 0.316 e. The van der Waals surface area contributed by atoms with Crippen LogP contribution in [-0.4, -0.2) is 18.8 Å². The Labute approximate surface area is 132 Å². The molecule has 0 saturated heterocycles. The molecule has 110 valence electrons. The molecule has 2 atom stereocenters. The van der Waals surface area contributed by atoms with E-state index in [0.717, 1.165) is 13.1 Å². The summed E-state index contributed by atoms with van der Waals surface area (Å²) < 4.78 is 0. The zero-order valence-corrected chi connectivity index (χ0v) is 13.4. The molecule has 0 fully saturated rings. The van der Waals surface area contributed by atoms with Crippen LogP contribution in [0.5, 0.6) is 0 Å². The van der Waals surface area contributed by atoms with Crippen LogP contribution >= 0.6 is 11.8 Å². The van der Waals surface area contributed by atoms with Crippen LogP contribution in [0.15, 0.2) is 59.5 Å². The summed E-state index contributed by atoms with van der Waals surface area (Å²) in [5.41, 5.74) is 2.98. The number of fused-ring (bicyclic) bond motifs is 1. The molecule has 1 heterocycles. The molecule has 1 aliphatic heterocycles. The average molecular weight is 297 g/mol. The lowest BCUT2D eigenvalue weighted by atomic mass is 9.97. The van der Waals surface area contributed by atoms with E-state index >= 15 is 0 Å². The zero-order valence-electron chi connectivity index (χ0n) is 12.6. The summed E-state index contributed by atoms with van der Waals surface area (Å²) >= 11 is 2.00. The van der Waals surface area contributed by atoms with Crippen LogP contribution in [-0.2, 0) is 0 Å². The third-order valence-corrected chi connectivity index (χ3v) is 5.56. The van der Waals surface area contributed by atoms with Crippen molar-refractivity contribution in [3.05, 3.63) is 65.7 Å². The highest BCUT2D eigenvalue weighted by Gasteiger charge is 2.21. The van der Waals surface area contributed by atoms with E-state index in [0.29, 0.717) is 11.8 Å². The minimum Gasteiger partial charge on any atom is -0.316 e. The van der Waals surface area contributed by atoms with Crippen molar-refractivity contribution in [3.63, 3.8) is 0 Å². The van der Waals surface area contributed by atoms with E-state index in [-0.39, 0.29) is 0 Å². The number of thioether (sulfide) groups is 1. The van der Waals surface area contributed by atoms with Crippen LogP contribution in [0, 0.1) is 0 Å². The molecule has 2 aromatic rings. The summed E-state index contributed by atoms with van der Waals surface area (Å²) in [4.78, 5) is 1.47. The number of hydrogen-bond donors (Lipinski definition) is 1. The normalized spacial score (nSPS) is 18.4. The summed E-state index contributed by atoms with van der Waals surface area (Å²) in [6.45, 7) is 4.52. The fraction of sp³-hybridized carbons (Fsp3) is 0.368. The fourth-order valence-corrected chi connectivity index (χ4v) is 4.20. The highest BCUT2D eigenvalue weighted by atomic mass is 32.2. The summed E-state index contributed by atoms with van der Waals surface area (Å²) in [5.74, 6) is 2.53. The summed E-state index contributed by atoms with van der Waals surface area (Å²) in [7, 11) is 0. The summed E-state index contributed by atoms with van der Waals surface area (Å²) in [5, 5.41) is 3.66. The van der Waals surface area contributed by atoms with Gasteiger partial charge in [-0.25, -0.2) is 0 Å². The molecule has 1 N–H and O–H groups in total. The quantitative estimate of drug-likeness (QED) is 0.778. The van der Waals surface area contributed by atoms with Gasteiger partial charge in [0.25, 0.3) is 0 Å². The first kappa shape index (κ1) is 14.7. The van der Waals surface area contributed by atoms with Gasteiger partial charge in [-0.2, -0.15) is 0 Å². The Morgan fingerprint density at radius 2 is 1.86 bits per heavy atom. The van der Waals surface area contributed by atoms with Gasteiger partial charge in [0.15, 0.2) is 0 Å². The van der Waals surface area contributed by atoms with Crippen LogP contribution in [0.4, 0.5) is 0 Å². The van der Waals surface area contributed by atoms with Crippen molar-refractivity contribution in [2.75, 3.05) is 18.8 Å². The van der Waals surface area contributed by atoms with Crippen LogP contribution in [0.25, 0.3) is 0 Å². The van der Waals surface area contributed by atoms with Crippen molar-refractivity contribution in [1.82, 2.24) is 5.32 Å². The molecule has 0 bridgehead atoms. The summed E-state index contributed by atoms with van der Waals surface area (Å²) in [6.07, 6.45) is 1.20. The number of nitrogens with one attached hydrogen (secondary N) is 1. The second-order valence-corrected chi connectivity index (χ2v) is 6.91. The summed E-state index contributed by atoms with van der Waals surface area (Å²) in [6, 6.07) is 19.6. The van der Waals surface area contributed by atoms with Gasteiger partial charge in [0.1, 0.15) is 0 Å². The zero-order chi connectivity index (χ0) is 14.5. The molecule has 0 spiro atoms. The lowest BCUT2D eigenvalue weighted by Crippen LogP contribution is -2.23. The van der Waals surface area contributed by atoms with Gasteiger partial charge in [-0.05, 0) is 36.1 Å². The monoisotopic (exact) mass is 297 g/mol. The molecule has 2 unspecified atom stereocenters. The molecule has 1 nitrogen and oxygen atoms in total. The first-order valence-corrected chi connectivity index (χ1v) is 8.80. The predicted molar refractivity (Wildman–Crippen MR) is 92.3 cm³/mol. The number of rotatable bonds is 6. The highest BCUT2D eigenvalue weighted by molar-refractivity contribution is 7.99. The first-order chi connectivity index (χ1) is 10.3. The van der Waals surface area contributed by atoms with Crippen molar-refractivity contribution in [3.8, 4) is 0 Å². The predicted octanol–water partition coefficient (Wildman–Crippen LogP) is 4.66. The van der Waals surface area contributed by atoms with Crippen molar-refractivity contribution in [1.29, 1.82) is 0 Å². The Morgan fingerprint density at radius 3 is 2.71 bits per heavy atom. The Morgan fingerprint density at radius 1 is 1.10 bits per heavy atom. The Bertz CT molecular complexity index is 567. The van der Waals surface area contributed by atoms with Gasteiger partial charge in [-0.15, -0.1) is 11.8 Å². The van der Waals surface area contributed by atoms with Gasteiger partial charge in [0, 0.05) is 23.1 Å². The topological polar surface area (TPSA) is 12.0 Å². The van der Waals surface area contributed by atoms with E-state index in [1.54, 1.807) is 0 Å². The van der Waals surface area contributed by atoms with E-state index in [4.69, 9.17) is 0 Å². The maximum absolute atomic E-state index is 3.66.